The van der Waals surface area contributed by atoms with Crippen molar-refractivity contribution in [2.24, 2.45) is 5.92 Å². The molecule has 0 aliphatic heterocycles. The van der Waals surface area contributed by atoms with E-state index in [1.807, 2.05) is 19.2 Å². The van der Waals surface area contributed by atoms with Crippen molar-refractivity contribution in [1.29, 1.82) is 0 Å². The smallest absolute Gasteiger partial charge is 0.254 e. The summed E-state index contributed by atoms with van der Waals surface area (Å²) in [4.78, 5) is 11.9. The van der Waals surface area contributed by atoms with E-state index < -0.39 is 11.7 Å². The first-order valence-corrected chi connectivity index (χ1v) is 6.65. The van der Waals surface area contributed by atoms with Crippen LogP contribution < -0.4 is 5.32 Å². The predicted molar refractivity (Wildman–Crippen MR) is 75.1 cm³/mol. The predicted octanol–water partition coefficient (Wildman–Crippen LogP) is 2.74. The quantitative estimate of drug-likeness (QED) is 0.922. The van der Waals surface area contributed by atoms with Crippen LogP contribution in [0.4, 0.5) is 4.39 Å². The van der Waals surface area contributed by atoms with Crippen molar-refractivity contribution in [2.75, 3.05) is 6.54 Å². The average molecular weight is 296 g/mol. The molecule has 2 rings (SSSR count). The van der Waals surface area contributed by atoms with Crippen LogP contribution in [0.25, 0.3) is 0 Å². The van der Waals surface area contributed by atoms with Gasteiger partial charge < -0.3 is 5.32 Å². The normalized spacial score (nSPS) is 12.2. The number of aromatic nitrogens is 2. The molecule has 0 bridgehead atoms. The zero-order chi connectivity index (χ0) is 14.5. The molecule has 0 radical (unpaired) electrons. The van der Waals surface area contributed by atoms with Crippen LogP contribution in [0.2, 0.25) is 5.02 Å². The summed E-state index contributed by atoms with van der Waals surface area (Å²) in [6.45, 7) is 3.10. The van der Waals surface area contributed by atoms with Gasteiger partial charge in [0.2, 0.25) is 0 Å². The lowest BCUT2D eigenvalue weighted by Crippen LogP contribution is -2.30. The van der Waals surface area contributed by atoms with E-state index in [0.29, 0.717) is 13.1 Å². The van der Waals surface area contributed by atoms with E-state index in [0.717, 1.165) is 0 Å². The van der Waals surface area contributed by atoms with Crippen LogP contribution >= 0.6 is 11.6 Å². The molecule has 1 heterocycles. The lowest BCUT2D eigenvalue weighted by atomic mass is 10.1. The van der Waals surface area contributed by atoms with E-state index in [2.05, 4.69) is 10.4 Å². The van der Waals surface area contributed by atoms with E-state index in [9.17, 15) is 9.18 Å². The van der Waals surface area contributed by atoms with Crippen LogP contribution in [0.3, 0.4) is 0 Å². The summed E-state index contributed by atoms with van der Waals surface area (Å²) in [5, 5.41) is 6.74. The molecule has 1 amide bonds. The van der Waals surface area contributed by atoms with Crippen molar-refractivity contribution in [3.8, 4) is 0 Å². The summed E-state index contributed by atoms with van der Waals surface area (Å²) in [5.41, 5.74) is -0.0382. The van der Waals surface area contributed by atoms with Gasteiger partial charge in [-0.1, -0.05) is 24.6 Å². The van der Waals surface area contributed by atoms with Crippen molar-refractivity contribution < 1.29 is 9.18 Å². The van der Waals surface area contributed by atoms with Gasteiger partial charge in [-0.05, 0) is 24.1 Å². The summed E-state index contributed by atoms with van der Waals surface area (Å²) in [5.74, 6) is -0.968. The third-order valence-electron chi connectivity index (χ3n) is 2.87. The van der Waals surface area contributed by atoms with Crippen LogP contribution in [-0.4, -0.2) is 22.2 Å². The molecule has 0 fully saturated rings. The monoisotopic (exact) mass is 295 g/mol. The van der Waals surface area contributed by atoms with Gasteiger partial charge in [0.25, 0.3) is 5.91 Å². The van der Waals surface area contributed by atoms with E-state index in [1.54, 1.807) is 16.9 Å². The molecule has 0 spiro atoms. The molecule has 0 aliphatic rings. The number of amides is 1. The van der Waals surface area contributed by atoms with Gasteiger partial charge in [-0.15, -0.1) is 0 Å². The first-order chi connectivity index (χ1) is 9.58. The van der Waals surface area contributed by atoms with Gasteiger partial charge in [0.15, 0.2) is 5.82 Å². The zero-order valence-corrected chi connectivity index (χ0v) is 11.8. The fourth-order valence-corrected chi connectivity index (χ4v) is 2.01. The second kappa shape index (κ2) is 6.52. The third-order valence-corrected chi connectivity index (χ3v) is 3.16. The van der Waals surface area contributed by atoms with Gasteiger partial charge in [0, 0.05) is 25.5 Å². The zero-order valence-electron chi connectivity index (χ0n) is 11.0. The summed E-state index contributed by atoms with van der Waals surface area (Å²) >= 11 is 5.65. The standard InChI is InChI=1S/C14H15ClFN3O/c1-10(9-19-7-3-6-18-19)8-17-14(20)11-4-2-5-12(15)13(11)16/h2-7,10H,8-9H2,1H3,(H,17,20)/t10-/m1/s1. The van der Waals surface area contributed by atoms with Crippen molar-refractivity contribution >= 4 is 17.5 Å². The Morgan fingerprint density at radius 3 is 3.00 bits per heavy atom. The molecule has 0 aliphatic carbocycles. The number of benzene rings is 1. The molecule has 4 nitrogen and oxygen atoms in total. The topological polar surface area (TPSA) is 46.9 Å². The molecule has 0 saturated carbocycles. The number of carbonyl (C=O) groups is 1. The first-order valence-electron chi connectivity index (χ1n) is 6.27. The molecule has 2 aromatic rings. The minimum atomic E-state index is -0.689. The van der Waals surface area contributed by atoms with Crippen molar-refractivity contribution in [3.63, 3.8) is 0 Å². The number of carbonyl (C=O) groups excluding carboxylic acids is 1. The summed E-state index contributed by atoms with van der Waals surface area (Å²) in [6, 6.07) is 6.21. The van der Waals surface area contributed by atoms with Crippen LogP contribution in [0.15, 0.2) is 36.7 Å². The third kappa shape index (κ3) is 3.57. The molecular formula is C14H15ClFN3O. The SMILES string of the molecule is C[C@H](CNC(=O)c1cccc(Cl)c1F)Cn1cccn1. The van der Waals surface area contributed by atoms with Gasteiger partial charge in [0.05, 0.1) is 10.6 Å². The van der Waals surface area contributed by atoms with Gasteiger partial charge in [-0.3, -0.25) is 9.48 Å². The average Bonchev–Trinajstić information content (AvgIpc) is 2.92. The lowest BCUT2D eigenvalue weighted by Gasteiger charge is -2.13. The minimum absolute atomic E-state index is 0.0382. The largest absolute Gasteiger partial charge is 0.352 e. The van der Waals surface area contributed by atoms with E-state index in [-0.39, 0.29) is 16.5 Å². The van der Waals surface area contributed by atoms with Gasteiger partial charge >= 0.3 is 0 Å². The number of nitrogens with zero attached hydrogens (tertiary/aromatic N) is 2. The summed E-state index contributed by atoms with van der Waals surface area (Å²) in [6.07, 6.45) is 3.56. The Bertz CT molecular complexity index is 586. The maximum absolute atomic E-state index is 13.7. The second-order valence-corrected chi connectivity index (χ2v) is 5.05. The Morgan fingerprint density at radius 2 is 2.30 bits per heavy atom. The Hall–Kier alpha value is -1.88. The van der Waals surface area contributed by atoms with Gasteiger partial charge in [-0.25, -0.2) is 4.39 Å². The molecule has 0 unspecified atom stereocenters. The molecule has 1 aromatic heterocycles. The van der Waals surface area contributed by atoms with Crippen LogP contribution in [0.1, 0.15) is 17.3 Å². The number of halogens is 2. The molecule has 0 saturated heterocycles. The molecule has 1 atom stereocenters. The minimum Gasteiger partial charge on any atom is -0.352 e. The molecular weight excluding hydrogens is 281 g/mol. The Balaban J connectivity index is 1.90. The van der Waals surface area contributed by atoms with Crippen molar-refractivity contribution in [1.82, 2.24) is 15.1 Å². The Labute approximate surface area is 121 Å². The van der Waals surface area contributed by atoms with Crippen LogP contribution in [0.5, 0.6) is 0 Å². The molecule has 1 N–H and O–H groups in total. The lowest BCUT2D eigenvalue weighted by molar-refractivity contribution is 0.0942. The Morgan fingerprint density at radius 1 is 1.50 bits per heavy atom. The number of hydrogen-bond donors (Lipinski definition) is 1. The maximum atomic E-state index is 13.7. The highest BCUT2D eigenvalue weighted by atomic mass is 35.5. The number of nitrogens with one attached hydrogen (secondary N) is 1. The van der Waals surface area contributed by atoms with Crippen LogP contribution in [-0.2, 0) is 6.54 Å². The number of rotatable bonds is 5. The molecule has 106 valence electrons. The maximum Gasteiger partial charge on any atom is 0.254 e. The van der Waals surface area contributed by atoms with E-state index in [1.165, 1.54) is 12.1 Å². The fraction of sp³-hybridized carbons (Fsp3) is 0.286. The van der Waals surface area contributed by atoms with Gasteiger partial charge in [0.1, 0.15) is 0 Å². The summed E-state index contributed by atoms with van der Waals surface area (Å²) in [7, 11) is 0. The Kier molecular flexibility index (Phi) is 4.74. The van der Waals surface area contributed by atoms with Gasteiger partial charge in [-0.2, -0.15) is 5.10 Å². The number of hydrogen-bond acceptors (Lipinski definition) is 2. The molecule has 6 heteroatoms. The van der Waals surface area contributed by atoms with Crippen molar-refractivity contribution in [3.05, 3.63) is 53.1 Å². The highest BCUT2D eigenvalue weighted by molar-refractivity contribution is 6.31. The van der Waals surface area contributed by atoms with E-state index in [4.69, 9.17) is 11.6 Å². The fourth-order valence-electron chi connectivity index (χ4n) is 1.83. The van der Waals surface area contributed by atoms with Crippen LogP contribution in [0, 0.1) is 11.7 Å². The molecule has 1 aromatic carbocycles. The second-order valence-electron chi connectivity index (χ2n) is 4.64. The molecule has 20 heavy (non-hydrogen) atoms. The van der Waals surface area contributed by atoms with E-state index >= 15 is 0 Å². The highest BCUT2D eigenvalue weighted by Crippen LogP contribution is 2.17. The summed E-state index contributed by atoms with van der Waals surface area (Å²) < 4.78 is 15.5. The van der Waals surface area contributed by atoms with Crippen molar-refractivity contribution in [2.45, 2.75) is 13.5 Å². The first kappa shape index (κ1) is 14.5. The highest BCUT2D eigenvalue weighted by Gasteiger charge is 2.14.